The van der Waals surface area contributed by atoms with Crippen LogP contribution in [0.3, 0.4) is 0 Å². The molecule has 4 N–H and O–H groups in total. The van der Waals surface area contributed by atoms with E-state index in [9.17, 15) is 20.1 Å². The average Bonchev–Trinajstić information content (AvgIpc) is 3.20. The second-order valence-electron chi connectivity index (χ2n) is 17.7. The Balaban J connectivity index is 3.57. The second kappa shape index (κ2) is 46.8. The molecule has 3 unspecified atom stereocenters. The van der Waals surface area contributed by atoms with Gasteiger partial charge in [-0.05, 0) is 38.5 Å². The fourth-order valence-electron chi connectivity index (χ4n) is 8.17. The number of hydrogen-bond acceptors (Lipinski definition) is 4. The monoisotopic (exact) mass is 792 g/mol. The highest BCUT2D eigenvalue weighted by molar-refractivity contribution is 5.76. The number of aliphatic hydroxyl groups excluding tert-OH is 3. The Morgan fingerprint density at radius 1 is 0.429 bits per heavy atom. The van der Waals surface area contributed by atoms with E-state index in [2.05, 4.69) is 31.3 Å². The van der Waals surface area contributed by atoms with Crippen molar-refractivity contribution in [1.82, 2.24) is 5.32 Å². The maximum atomic E-state index is 12.5. The first kappa shape index (κ1) is 55.1. The van der Waals surface area contributed by atoms with Gasteiger partial charge >= 0.3 is 0 Å². The van der Waals surface area contributed by atoms with Crippen LogP contribution in [0.1, 0.15) is 284 Å². The quantitative estimate of drug-likeness (QED) is 0.0365. The molecule has 0 aliphatic rings. The number of carbonyl (C=O) groups excluding carboxylic acids is 1. The van der Waals surface area contributed by atoms with Gasteiger partial charge in [-0.15, -0.1) is 0 Å². The summed E-state index contributed by atoms with van der Waals surface area (Å²) in [6.07, 6.45) is 56.3. The summed E-state index contributed by atoms with van der Waals surface area (Å²) in [5.74, 6) is -0.149. The standard InChI is InChI=1S/C51H101NO4/c1-3-5-7-9-11-13-15-17-19-21-23-24-25-26-27-28-29-31-33-35-37-39-41-43-45-49(54)51(56)48(47-53)52-50(55)46-44-42-40-38-36-34-32-30-22-20-18-16-14-12-10-8-6-4-2/h37,39,48-49,51,53-54,56H,3-36,38,40-47H2,1-2H3,(H,52,55)/b39-37+. The lowest BCUT2D eigenvalue weighted by molar-refractivity contribution is -0.124. The Hall–Kier alpha value is -0.910. The van der Waals surface area contributed by atoms with Crippen molar-refractivity contribution in [1.29, 1.82) is 0 Å². The molecule has 0 aromatic rings. The maximum Gasteiger partial charge on any atom is 0.220 e. The molecule has 0 saturated carbocycles. The van der Waals surface area contributed by atoms with Gasteiger partial charge < -0.3 is 20.6 Å². The van der Waals surface area contributed by atoms with Crippen molar-refractivity contribution in [2.24, 2.45) is 0 Å². The molecular formula is C51H101NO4. The van der Waals surface area contributed by atoms with Crippen LogP contribution in [-0.4, -0.2) is 46.1 Å². The smallest absolute Gasteiger partial charge is 0.220 e. The number of rotatable bonds is 47. The number of nitrogens with one attached hydrogen (secondary N) is 1. The molecule has 0 heterocycles. The number of aliphatic hydroxyl groups is 3. The van der Waals surface area contributed by atoms with Crippen LogP contribution >= 0.6 is 0 Å². The summed E-state index contributed by atoms with van der Waals surface area (Å²) in [6.45, 7) is 4.20. The summed E-state index contributed by atoms with van der Waals surface area (Å²) in [6, 6.07) is -0.821. The largest absolute Gasteiger partial charge is 0.394 e. The minimum Gasteiger partial charge on any atom is -0.394 e. The summed E-state index contributed by atoms with van der Waals surface area (Å²) in [5, 5.41) is 33.7. The molecular weight excluding hydrogens is 691 g/mol. The van der Waals surface area contributed by atoms with E-state index in [1.54, 1.807) is 0 Å². The lowest BCUT2D eigenvalue weighted by Crippen LogP contribution is -2.50. The normalized spacial score (nSPS) is 13.4. The molecule has 0 radical (unpaired) electrons. The van der Waals surface area contributed by atoms with Crippen LogP contribution in [-0.2, 0) is 4.79 Å². The number of carbonyl (C=O) groups is 1. The van der Waals surface area contributed by atoms with E-state index < -0.39 is 18.2 Å². The molecule has 5 nitrogen and oxygen atoms in total. The van der Waals surface area contributed by atoms with E-state index in [1.165, 1.54) is 218 Å². The maximum absolute atomic E-state index is 12.5. The van der Waals surface area contributed by atoms with Gasteiger partial charge in [-0.2, -0.15) is 0 Å². The van der Waals surface area contributed by atoms with Crippen LogP contribution < -0.4 is 5.32 Å². The van der Waals surface area contributed by atoms with Crippen molar-refractivity contribution in [3.63, 3.8) is 0 Å². The highest BCUT2D eigenvalue weighted by atomic mass is 16.3. The van der Waals surface area contributed by atoms with E-state index >= 15 is 0 Å². The second-order valence-corrected chi connectivity index (χ2v) is 17.7. The Morgan fingerprint density at radius 2 is 0.714 bits per heavy atom. The summed E-state index contributed by atoms with van der Waals surface area (Å²) in [4.78, 5) is 12.5. The minimum atomic E-state index is -1.15. The predicted molar refractivity (Wildman–Crippen MR) is 245 cm³/mol. The molecule has 0 aliphatic carbocycles. The van der Waals surface area contributed by atoms with Gasteiger partial charge in [0.2, 0.25) is 5.91 Å². The van der Waals surface area contributed by atoms with Gasteiger partial charge in [0.15, 0.2) is 0 Å². The van der Waals surface area contributed by atoms with Gasteiger partial charge in [0.1, 0.15) is 6.10 Å². The summed E-state index contributed by atoms with van der Waals surface area (Å²) in [5.41, 5.74) is 0. The van der Waals surface area contributed by atoms with E-state index in [0.29, 0.717) is 12.8 Å². The first-order valence-electron chi connectivity index (χ1n) is 25.5. The van der Waals surface area contributed by atoms with Crippen molar-refractivity contribution in [3.05, 3.63) is 12.2 Å². The minimum absolute atomic E-state index is 0.149. The SMILES string of the molecule is CCCCCCCCCCCCCCCCCCCCC/C=C/CCCC(O)C(O)C(CO)NC(=O)CCCCCCCCCCCCCCCCCCCC. The highest BCUT2D eigenvalue weighted by Gasteiger charge is 2.26. The van der Waals surface area contributed by atoms with Gasteiger partial charge in [-0.25, -0.2) is 0 Å². The predicted octanol–water partition coefficient (Wildman–Crippen LogP) is 15.2. The zero-order valence-corrected chi connectivity index (χ0v) is 38.0. The van der Waals surface area contributed by atoms with Crippen molar-refractivity contribution in [2.75, 3.05) is 6.61 Å². The Bertz CT molecular complexity index is 788. The topological polar surface area (TPSA) is 89.8 Å². The van der Waals surface area contributed by atoms with Gasteiger partial charge in [-0.1, -0.05) is 251 Å². The first-order chi connectivity index (χ1) is 27.6. The third kappa shape index (κ3) is 41.3. The fourth-order valence-corrected chi connectivity index (χ4v) is 8.17. The summed E-state index contributed by atoms with van der Waals surface area (Å²) >= 11 is 0. The molecule has 0 aliphatic heterocycles. The molecule has 5 heteroatoms. The Labute approximate surface area is 350 Å². The van der Waals surface area contributed by atoms with Crippen LogP contribution in [0.15, 0.2) is 12.2 Å². The molecule has 0 rings (SSSR count). The van der Waals surface area contributed by atoms with Crippen molar-refractivity contribution in [3.8, 4) is 0 Å². The summed E-state index contributed by atoms with van der Waals surface area (Å²) < 4.78 is 0. The molecule has 0 aromatic heterocycles. The molecule has 0 saturated heterocycles. The van der Waals surface area contributed by atoms with Crippen molar-refractivity contribution in [2.45, 2.75) is 302 Å². The Kier molecular flexibility index (Phi) is 46.0. The van der Waals surface area contributed by atoms with Crippen LogP contribution in [0.2, 0.25) is 0 Å². The molecule has 0 aromatic carbocycles. The van der Waals surface area contributed by atoms with E-state index in [4.69, 9.17) is 0 Å². The van der Waals surface area contributed by atoms with Crippen LogP contribution in [0, 0.1) is 0 Å². The Morgan fingerprint density at radius 3 is 1.04 bits per heavy atom. The average molecular weight is 792 g/mol. The third-order valence-electron chi connectivity index (χ3n) is 12.1. The van der Waals surface area contributed by atoms with Crippen LogP contribution in [0.4, 0.5) is 0 Å². The van der Waals surface area contributed by atoms with Gasteiger partial charge in [-0.3, -0.25) is 4.79 Å². The lowest BCUT2D eigenvalue weighted by Gasteiger charge is -2.26. The third-order valence-corrected chi connectivity index (χ3v) is 12.1. The lowest BCUT2D eigenvalue weighted by atomic mass is 10.0. The van der Waals surface area contributed by atoms with E-state index in [-0.39, 0.29) is 12.5 Å². The molecule has 1 amide bonds. The fraction of sp³-hybridized carbons (Fsp3) is 0.941. The summed E-state index contributed by atoms with van der Waals surface area (Å²) in [7, 11) is 0. The molecule has 0 spiro atoms. The van der Waals surface area contributed by atoms with E-state index in [0.717, 1.165) is 38.5 Å². The van der Waals surface area contributed by atoms with E-state index in [1.807, 2.05) is 0 Å². The van der Waals surface area contributed by atoms with Crippen LogP contribution in [0.25, 0.3) is 0 Å². The number of unbranched alkanes of at least 4 members (excludes halogenated alkanes) is 37. The molecule has 0 fully saturated rings. The molecule has 3 atom stereocenters. The number of hydrogen-bond donors (Lipinski definition) is 4. The van der Waals surface area contributed by atoms with Crippen LogP contribution in [0.5, 0.6) is 0 Å². The highest BCUT2D eigenvalue weighted by Crippen LogP contribution is 2.17. The van der Waals surface area contributed by atoms with Gasteiger partial charge in [0, 0.05) is 6.42 Å². The first-order valence-corrected chi connectivity index (χ1v) is 25.5. The van der Waals surface area contributed by atoms with Crippen molar-refractivity contribution < 1.29 is 20.1 Å². The zero-order valence-electron chi connectivity index (χ0n) is 38.0. The van der Waals surface area contributed by atoms with Gasteiger partial charge in [0.25, 0.3) is 0 Å². The molecule has 334 valence electrons. The molecule has 0 bridgehead atoms. The number of allylic oxidation sites excluding steroid dienone is 2. The van der Waals surface area contributed by atoms with Crippen molar-refractivity contribution >= 4 is 5.91 Å². The zero-order chi connectivity index (χ0) is 40.8. The number of amides is 1. The molecule has 56 heavy (non-hydrogen) atoms. The van der Waals surface area contributed by atoms with Gasteiger partial charge in [0.05, 0.1) is 18.8 Å².